The van der Waals surface area contributed by atoms with E-state index in [1.54, 1.807) is 31.3 Å². The number of aryl methyl sites for hydroxylation is 2. The van der Waals surface area contributed by atoms with Gasteiger partial charge in [0.15, 0.2) is 11.2 Å². The molecule has 3 heterocycles. The number of nitrogens with zero attached hydrogens (tertiary/aromatic N) is 5. The molecule has 0 saturated carbocycles. The van der Waals surface area contributed by atoms with Crippen LogP contribution in [0.5, 0.6) is 0 Å². The lowest BCUT2D eigenvalue weighted by Crippen LogP contribution is -2.39. The molecule has 0 radical (unpaired) electrons. The Bertz CT molecular complexity index is 1410. The molecule has 1 aromatic carbocycles. The molecule has 0 unspecified atom stereocenters. The highest BCUT2D eigenvalue weighted by molar-refractivity contribution is 6.35. The summed E-state index contributed by atoms with van der Waals surface area (Å²) in [6, 6.07) is 4.93. The normalized spacial score (nSPS) is 11.6. The van der Waals surface area contributed by atoms with Crippen molar-refractivity contribution in [3.63, 3.8) is 0 Å². The minimum absolute atomic E-state index is 0.109. The molecule has 0 atom stereocenters. The fourth-order valence-corrected chi connectivity index (χ4v) is 3.88. The standard InChI is InChI=1S/C18H15Cl2N5O4/c1-9-6-24-14-15(21-17(24)23(9)8-13(26)27)22(2)18(29)25(16(14)28)7-10-11(19)4-3-5-12(10)20/h3-6H,7-8H2,1-2H3,(H,26,27). The molecule has 9 nitrogen and oxygen atoms in total. The highest BCUT2D eigenvalue weighted by Gasteiger charge is 2.21. The molecule has 0 saturated heterocycles. The Morgan fingerprint density at radius 3 is 2.45 bits per heavy atom. The Labute approximate surface area is 172 Å². The zero-order chi connectivity index (χ0) is 21.0. The first-order chi connectivity index (χ1) is 13.7. The maximum atomic E-state index is 13.2. The molecule has 4 rings (SSSR count). The van der Waals surface area contributed by atoms with Gasteiger partial charge in [0.2, 0.25) is 5.78 Å². The third-order valence-corrected chi connectivity index (χ3v) is 5.52. The van der Waals surface area contributed by atoms with Crippen molar-refractivity contribution in [3.8, 4) is 0 Å². The maximum Gasteiger partial charge on any atom is 0.332 e. The number of carbonyl (C=O) groups is 1. The third kappa shape index (κ3) is 2.93. The summed E-state index contributed by atoms with van der Waals surface area (Å²) in [6.45, 7) is 1.29. The fraction of sp³-hybridized carbons (Fsp3) is 0.222. The number of hydrogen-bond donors (Lipinski definition) is 1. The molecule has 0 aliphatic rings. The molecule has 0 amide bonds. The highest BCUT2D eigenvalue weighted by Crippen LogP contribution is 2.24. The molecular formula is C18H15Cl2N5O4. The second kappa shape index (κ2) is 6.78. The van der Waals surface area contributed by atoms with Crippen LogP contribution in [0.4, 0.5) is 0 Å². The molecule has 0 aliphatic heterocycles. The second-order valence-corrected chi connectivity index (χ2v) is 7.45. The van der Waals surface area contributed by atoms with Crippen LogP contribution >= 0.6 is 23.2 Å². The van der Waals surface area contributed by atoms with Crippen molar-refractivity contribution in [2.24, 2.45) is 7.05 Å². The summed E-state index contributed by atoms with van der Waals surface area (Å²) in [5.41, 5.74) is 0.244. The Morgan fingerprint density at radius 1 is 1.17 bits per heavy atom. The SMILES string of the molecule is Cc1cn2c3c(=O)n(Cc4c(Cl)cccc4Cl)c(=O)n(C)c3nc2n1CC(=O)O. The van der Waals surface area contributed by atoms with Crippen molar-refractivity contribution in [2.75, 3.05) is 0 Å². The smallest absolute Gasteiger partial charge is 0.332 e. The summed E-state index contributed by atoms with van der Waals surface area (Å²) in [5.74, 6) is -0.779. The van der Waals surface area contributed by atoms with Gasteiger partial charge in [0.05, 0.1) is 6.54 Å². The number of hydrogen-bond acceptors (Lipinski definition) is 4. The van der Waals surface area contributed by atoms with Crippen LogP contribution in [0.3, 0.4) is 0 Å². The largest absolute Gasteiger partial charge is 0.480 e. The summed E-state index contributed by atoms with van der Waals surface area (Å²) in [6.07, 6.45) is 1.62. The van der Waals surface area contributed by atoms with Gasteiger partial charge in [-0.25, -0.2) is 4.79 Å². The van der Waals surface area contributed by atoms with E-state index in [2.05, 4.69) is 4.98 Å². The fourth-order valence-electron chi connectivity index (χ4n) is 3.37. The molecule has 3 aromatic heterocycles. The summed E-state index contributed by atoms with van der Waals surface area (Å²) in [7, 11) is 1.50. The second-order valence-electron chi connectivity index (χ2n) is 6.64. The van der Waals surface area contributed by atoms with Gasteiger partial charge in [-0.1, -0.05) is 29.3 Å². The molecule has 1 N–H and O–H groups in total. The lowest BCUT2D eigenvalue weighted by atomic mass is 10.2. The quantitative estimate of drug-likeness (QED) is 0.527. The van der Waals surface area contributed by atoms with E-state index in [0.29, 0.717) is 21.3 Å². The minimum atomic E-state index is -1.04. The van der Waals surface area contributed by atoms with Gasteiger partial charge in [-0.3, -0.25) is 23.1 Å². The zero-order valence-electron chi connectivity index (χ0n) is 15.4. The number of rotatable bonds is 4. The number of carboxylic acid groups (broad SMARTS) is 1. The number of aromatic nitrogens is 5. The average Bonchev–Trinajstić information content (AvgIpc) is 3.15. The lowest BCUT2D eigenvalue weighted by Gasteiger charge is -2.10. The highest BCUT2D eigenvalue weighted by atomic mass is 35.5. The van der Waals surface area contributed by atoms with Crippen molar-refractivity contribution >= 4 is 46.1 Å². The van der Waals surface area contributed by atoms with E-state index in [9.17, 15) is 14.4 Å². The Morgan fingerprint density at radius 2 is 1.83 bits per heavy atom. The number of halogens is 2. The van der Waals surface area contributed by atoms with Gasteiger partial charge >= 0.3 is 11.7 Å². The van der Waals surface area contributed by atoms with E-state index in [0.717, 1.165) is 4.57 Å². The van der Waals surface area contributed by atoms with Gasteiger partial charge in [0, 0.05) is 34.5 Å². The van der Waals surface area contributed by atoms with Crippen molar-refractivity contribution in [2.45, 2.75) is 20.0 Å². The average molecular weight is 436 g/mol. The predicted molar refractivity (Wildman–Crippen MR) is 108 cm³/mol. The van der Waals surface area contributed by atoms with Crippen LogP contribution in [0.1, 0.15) is 11.3 Å². The van der Waals surface area contributed by atoms with Gasteiger partial charge in [-0.15, -0.1) is 0 Å². The molecule has 0 aliphatic carbocycles. The molecule has 0 bridgehead atoms. The van der Waals surface area contributed by atoms with Crippen molar-refractivity contribution in [1.29, 1.82) is 0 Å². The van der Waals surface area contributed by atoms with E-state index in [1.807, 2.05) is 0 Å². The minimum Gasteiger partial charge on any atom is -0.480 e. The van der Waals surface area contributed by atoms with Crippen molar-refractivity contribution < 1.29 is 9.90 Å². The van der Waals surface area contributed by atoms with E-state index in [1.165, 1.54) is 20.6 Å². The number of aliphatic carboxylic acids is 1. The van der Waals surface area contributed by atoms with E-state index >= 15 is 0 Å². The first-order valence-electron chi connectivity index (χ1n) is 8.53. The third-order valence-electron chi connectivity index (χ3n) is 4.81. The van der Waals surface area contributed by atoms with Crippen LogP contribution in [-0.4, -0.2) is 34.2 Å². The predicted octanol–water partition coefficient (Wildman–Crippen LogP) is 1.90. The lowest BCUT2D eigenvalue weighted by molar-refractivity contribution is -0.137. The maximum absolute atomic E-state index is 13.2. The Hall–Kier alpha value is -3.04. The topological polar surface area (TPSA) is 104 Å². The first-order valence-corrected chi connectivity index (χ1v) is 9.28. The molecule has 0 fully saturated rings. The first kappa shape index (κ1) is 19.3. The van der Waals surface area contributed by atoms with Gasteiger partial charge in [0.1, 0.15) is 6.54 Å². The van der Waals surface area contributed by atoms with E-state index in [4.69, 9.17) is 28.3 Å². The summed E-state index contributed by atoms with van der Waals surface area (Å²) in [5, 5.41) is 9.84. The van der Waals surface area contributed by atoms with E-state index < -0.39 is 17.2 Å². The molecule has 11 heteroatoms. The van der Waals surface area contributed by atoms with Crippen LogP contribution in [-0.2, 0) is 24.9 Å². The summed E-state index contributed by atoms with van der Waals surface area (Å²) < 4.78 is 5.24. The van der Waals surface area contributed by atoms with Crippen molar-refractivity contribution in [3.05, 3.63) is 66.5 Å². The molecular weight excluding hydrogens is 421 g/mol. The van der Waals surface area contributed by atoms with Crippen molar-refractivity contribution in [1.82, 2.24) is 23.1 Å². The Kier molecular flexibility index (Phi) is 4.51. The van der Waals surface area contributed by atoms with E-state index in [-0.39, 0.29) is 30.0 Å². The Balaban J connectivity index is 2.03. The zero-order valence-corrected chi connectivity index (χ0v) is 16.9. The summed E-state index contributed by atoms with van der Waals surface area (Å²) >= 11 is 12.4. The summed E-state index contributed by atoms with van der Waals surface area (Å²) in [4.78, 5) is 41.6. The van der Waals surface area contributed by atoms with Gasteiger partial charge in [-0.05, 0) is 19.1 Å². The number of imidazole rings is 2. The van der Waals surface area contributed by atoms with Gasteiger partial charge in [0.25, 0.3) is 5.56 Å². The molecule has 29 heavy (non-hydrogen) atoms. The molecule has 4 aromatic rings. The monoisotopic (exact) mass is 435 g/mol. The van der Waals surface area contributed by atoms with Crippen LogP contribution in [0, 0.1) is 6.92 Å². The molecule has 150 valence electrons. The number of fused-ring (bicyclic) bond motifs is 3. The van der Waals surface area contributed by atoms with Gasteiger partial charge in [-0.2, -0.15) is 4.98 Å². The van der Waals surface area contributed by atoms with Gasteiger partial charge < -0.3 is 9.67 Å². The van der Waals surface area contributed by atoms with Crippen LogP contribution < -0.4 is 11.2 Å². The van der Waals surface area contributed by atoms with Crippen LogP contribution in [0.15, 0.2) is 34.0 Å². The van der Waals surface area contributed by atoms with Crippen LogP contribution in [0.25, 0.3) is 16.9 Å². The van der Waals surface area contributed by atoms with Crippen LogP contribution in [0.2, 0.25) is 10.0 Å². The number of benzene rings is 1. The number of carboxylic acids is 1. The molecule has 0 spiro atoms.